The molecule has 0 aliphatic rings. The second-order valence-corrected chi connectivity index (χ2v) is 5.90. The zero-order chi connectivity index (χ0) is 18.0. The number of benzene rings is 3. The molecule has 0 saturated carbocycles. The van der Waals surface area contributed by atoms with Crippen LogP contribution >= 0.6 is 0 Å². The molecule has 3 rings (SSSR count). The Labute approximate surface area is 145 Å². The number of fused-ring (bicyclic) bond motifs is 1. The van der Waals surface area contributed by atoms with Crippen LogP contribution in [0.4, 0.5) is 13.2 Å². The van der Waals surface area contributed by atoms with Crippen LogP contribution in [0.25, 0.3) is 21.9 Å². The average Bonchev–Trinajstić information content (AvgIpc) is 2.61. The van der Waals surface area contributed by atoms with E-state index in [9.17, 15) is 13.2 Å². The SMILES string of the molecule is CCCc1ccc2cc(-c3ccc(OCC)cc3)c(F)c(F)c2c1F. The summed E-state index contributed by atoms with van der Waals surface area (Å²) in [4.78, 5) is 0. The lowest BCUT2D eigenvalue weighted by molar-refractivity contribution is 0.340. The van der Waals surface area contributed by atoms with E-state index in [1.165, 1.54) is 6.07 Å². The molecule has 0 amide bonds. The van der Waals surface area contributed by atoms with Crippen LogP contribution in [0.3, 0.4) is 0 Å². The third-order valence-corrected chi connectivity index (χ3v) is 4.20. The zero-order valence-corrected chi connectivity index (χ0v) is 14.2. The molecular formula is C21H19F3O. The van der Waals surface area contributed by atoms with Gasteiger partial charge in [-0.1, -0.05) is 37.6 Å². The Kier molecular flexibility index (Phi) is 4.98. The Bertz CT molecular complexity index is 901. The molecule has 3 aromatic carbocycles. The summed E-state index contributed by atoms with van der Waals surface area (Å²) >= 11 is 0. The molecule has 0 heterocycles. The third-order valence-electron chi connectivity index (χ3n) is 4.20. The number of ether oxygens (including phenoxy) is 1. The molecule has 0 radical (unpaired) electrons. The van der Waals surface area contributed by atoms with E-state index in [-0.39, 0.29) is 10.9 Å². The lowest BCUT2D eigenvalue weighted by atomic mass is 9.97. The molecule has 0 spiro atoms. The highest BCUT2D eigenvalue weighted by Crippen LogP contribution is 2.34. The maximum atomic E-state index is 14.6. The van der Waals surface area contributed by atoms with Gasteiger partial charge in [-0.15, -0.1) is 0 Å². The van der Waals surface area contributed by atoms with E-state index in [1.807, 2.05) is 13.8 Å². The van der Waals surface area contributed by atoms with Crippen LogP contribution in [0.2, 0.25) is 0 Å². The molecule has 0 saturated heterocycles. The summed E-state index contributed by atoms with van der Waals surface area (Å²) in [5.74, 6) is -2.20. The van der Waals surface area contributed by atoms with Gasteiger partial charge < -0.3 is 4.74 Å². The molecule has 0 aliphatic heterocycles. The monoisotopic (exact) mass is 344 g/mol. The van der Waals surface area contributed by atoms with Gasteiger partial charge in [0.15, 0.2) is 11.6 Å². The lowest BCUT2D eigenvalue weighted by Gasteiger charge is -2.11. The van der Waals surface area contributed by atoms with Gasteiger partial charge in [-0.05, 0) is 48.1 Å². The first-order chi connectivity index (χ1) is 12.1. The molecule has 1 nitrogen and oxygen atoms in total. The Morgan fingerprint density at radius 3 is 2.20 bits per heavy atom. The molecule has 4 heteroatoms. The summed E-state index contributed by atoms with van der Waals surface area (Å²) in [6, 6.07) is 11.5. The molecular weight excluding hydrogens is 325 g/mol. The van der Waals surface area contributed by atoms with Gasteiger partial charge in [0.1, 0.15) is 11.6 Å². The van der Waals surface area contributed by atoms with Crippen molar-refractivity contribution in [3.05, 3.63) is 65.5 Å². The summed E-state index contributed by atoms with van der Waals surface area (Å²) in [5, 5.41) is 0.0678. The van der Waals surface area contributed by atoms with Crippen molar-refractivity contribution >= 4 is 10.8 Å². The average molecular weight is 344 g/mol. The van der Waals surface area contributed by atoms with E-state index in [4.69, 9.17) is 4.74 Å². The quantitative estimate of drug-likeness (QED) is 0.529. The van der Waals surface area contributed by atoms with Crippen molar-refractivity contribution in [2.75, 3.05) is 6.61 Å². The fraction of sp³-hybridized carbons (Fsp3) is 0.238. The Hall–Kier alpha value is -2.49. The van der Waals surface area contributed by atoms with Gasteiger partial charge in [-0.25, -0.2) is 13.2 Å². The van der Waals surface area contributed by atoms with E-state index in [1.54, 1.807) is 36.4 Å². The Morgan fingerprint density at radius 1 is 0.840 bits per heavy atom. The molecule has 0 fully saturated rings. The molecule has 3 aromatic rings. The topological polar surface area (TPSA) is 9.23 Å². The van der Waals surface area contributed by atoms with Crippen molar-refractivity contribution in [3.63, 3.8) is 0 Å². The highest BCUT2D eigenvalue weighted by Gasteiger charge is 2.19. The van der Waals surface area contributed by atoms with Crippen molar-refractivity contribution in [3.8, 4) is 16.9 Å². The van der Waals surface area contributed by atoms with Gasteiger partial charge in [-0.3, -0.25) is 0 Å². The fourth-order valence-corrected chi connectivity index (χ4v) is 2.99. The Balaban J connectivity index is 2.14. The highest BCUT2D eigenvalue weighted by molar-refractivity contribution is 5.89. The van der Waals surface area contributed by atoms with Crippen LogP contribution in [0, 0.1) is 17.5 Å². The van der Waals surface area contributed by atoms with Crippen molar-refractivity contribution in [2.45, 2.75) is 26.7 Å². The second-order valence-electron chi connectivity index (χ2n) is 5.90. The van der Waals surface area contributed by atoms with Crippen molar-refractivity contribution in [2.24, 2.45) is 0 Å². The first kappa shape index (κ1) is 17.3. The van der Waals surface area contributed by atoms with E-state index >= 15 is 0 Å². The van der Waals surface area contributed by atoms with Gasteiger partial charge in [0.05, 0.1) is 12.0 Å². The van der Waals surface area contributed by atoms with Gasteiger partial charge in [0.25, 0.3) is 0 Å². The van der Waals surface area contributed by atoms with Gasteiger partial charge in [0, 0.05) is 5.56 Å². The van der Waals surface area contributed by atoms with Crippen molar-refractivity contribution in [1.29, 1.82) is 0 Å². The summed E-state index contributed by atoms with van der Waals surface area (Å²) in [6.07, 6.45) is 1.22. The van der Waals surface area contributed by atoms with Crippen LogP contribution < -0.4 is 4.74 Å². The molecule has 0 bridgehead atoms. The highest BCUT2D eigenvalue weighted by atomic mass is 19.2. The zero-order valence-electron chi connectivity index (χ0n) is 14.2. The summed E-state index contributed by atoms with van der Waals surface area (Å²) < 4.78 is 49.1. The summed E-state index contributed by atoms with van der Waals surface area (Å²) in [5.41, 5.74) is 1.03. The number of hydrogen-bond acceptors (Lipinski definition) is 1. The molecule has 0 aliphatic carbocycles. The minimum absolute atomic E-state index is 0.107. The number of halogens is 3. The van der Waals surface area contributed by atoms with E-state index < -0.39 is 17.5 Å². The summed E-state index contributed by atoms with van der Waals surface area (Å²) in [6.45, 7) is 4.31. The normalized spacial score (nSPS) is 11.1. The third kappa shape index (κ3) is 3.21. The minimum atomic E-state index is -1.14. The predicted molar refractivity (Wildman–Crippen MR) is 94.4 cm³/mol. The lowest BCUT2D eigenvalue weighted by Crippen LogP contribution is -1.98. The predicted octanol–water partition coefficient (Wildman–Crippen LogP) is 6.28. The summed E-state index contributed by atoms with van der Waals surface area (Å²) in [7, 11) is 0. The van der Waals surface area contributed by atoms with E-state index in [0.29, 0.717) is 35.3 Å². The first-order valence-corrected chi connectivity index (χ1v) is 8.39. The van der Waals surface area contributed by atoms with Crippen molar-refractivity contribution in [1.82, 2.24) is 0 Å². The minimum Gasteiger partial charge on any atom is -0.494 e. The van der Waals surface area contributed by atoms with Crippen LogP contribution in [-0.2, 0) is 6.42 Å². The Morgan fingerprint density at radius 2 is 1.56 bits per heavy atom. The van der Waals surface area contributed by atoms with Crippen molar-refractivity contribution < 1.29 is 17.9 Å². The van der Waals surface area contributed by atoms with Crippen LogP contribution in [-0.4, -0.2) is 6.61 Å². The number of hydrogen-bond donors (Lipinski definition) is 0. The van der Waals surface area contributed by atoms with Crippen LogP contribution in [0.1, 0.15) is 25.8 Å². The molecule has 0 N–H and O–H groups in total. The van der Waals surface area contributed by atoms with Gasteiger partial charge in [0.2, 0.25) is 0 Å². The number of aryl methyl sites for hydroxylation is 1. The molecule has 25 heavy (non-hydrogen) atoms. The maximum absolute atomic E-state index is 14.6. The van der Waals surface area contributed by atoms with Crippen LogP contribution in [0.5, 0.6) is 5.75 Å². The molecule has 130 valence electrons. The molecule has 0 atom stereocenters. The van der Waals surface area contributed by atoms with E-state index in [2.05, 4.69) is 0 Å². The molecule has 0 unspecified atom stereocenters. The number of rotatable bonds is 5. The standard InChI is InChI=1S/C21H19F3O/c1-3-5-14-6-7-15-12-17(20(23)21(24)18(15)19(14)22)13-8-10-16(11-9-13)25-4-2/h6-12H,3-5H2,1-2H3. The molecule has 0 aromatic heterocycles. The van der Waals surface area contributed by atoms with E-state index in [0.717, 1.165) is 6.42 Å². The van der Waals surface area contributed by atoms with Gasteiger partial charge in [-0.2, -0.15) is 0 Å². The first-order valence-electron chi connectivity index (χ1n) is 8.39. The maximum Gasteiger partial charge on any atom is 0.170 e. The van der Waals surface area contributed by atoms with Gasteiger partial charge >= 0.3 is 0 Å². The smallest absolute Gasteiger partial charge is 0.170 e. The largest absolute Gasteiger partial charge is 0.494 e. The van der Waals surface area contributed by atoms with Crippen LogP contribution in [0.15, 0.2) is 42.5 Å². The second kappa shape index (κ2) is 7.18. The fourth-order valence-electron chi connectivity index (χ4n) is 2.99.